The van der Waals surface area contributed by atoms with Gasteiger partial charge >= 0.3 is 0 Å². The molecule has 3 atom stereocenters. The summed E-state index contributed by atoms with van der Waals surface area (Å²) in [6.45, 7) is 5.55. The first-order valence-electron chi connectivity index (χ1n) is 11.0. The molecule has 1 amide bonds. The Labute approximate surface area is 197 Å². The van der Waals surface area contributed by atoms with Crippen molar-refractivity contribution in [2.75, 3.05) is 13.7 Å². The first-order valence-corrected chi connectivity index (χ1v) is 11.0. The van der Waals surface area contributed by atoms with E-state index in [2.05, 4.69) is 10.1 Å². The number of carbonyl (C=O) groups excluding carboxylic acids is 1. The molecule has 3 aromatic rings. The Morgan fingerprint density at radius 1 is 1.26 bits per heavy atom. The van der Waals surface area contributed by atoms with E-state index in [0.29, 0.717) is 28.4 Å². The Bertz CT molecular complexity index is 1210. The molecule has 8 nitrogen and oxygen atoms in total. The number of morpholine rings is 1. The molecule has 2 aromatic carbocycles. The smallest absolute Gasteiger partial charge is 0.289 e. The van der Waals surface area contributed by atoms with Crippen molar-refractivity contribution in [3.05, 3.63) is 77.3 Å². The number of aliphatic hydroxyl groups is 1. The van der Waals surface area contributed by atoms with E-state index in [0.717, 1.165) is 0 Å². The zero-order valence-electron chi connectivity index (χ0n) is 19.5. The minimum atomic E-state index is -0.869. The molecule has 1 saturated heterocycles. The fraction of sp³-hybridized carbons (Fsp3) is 0.320. The fourth-order valence-electron chi connectivity index (χ4n) is 4.11. The Balaban J connectivity index is 1.67. The summed E-state index contributed by atoms with van der Waals surface area (Å²) in [6.07, 6.45) is 2.08. The molecule has 0 spiro atoms. The van der Waals surface area contributed by atoms with Gasteiger partial charge in [0.25, 0.3) is 5.91 Å². The summed E-state index contributed by atoms with van der Waals surface area (Å²) in [5.74, 6) is 0.605. The number of amides is 1. The van der Waals surface area contributed by atoms with Crippen molar-refractivity contribution in [1.29, 1.82) is 0 Å². The minimum absolute atomic E-state index is 0.151. The first-order chi connectivity index (χ1) is 16.3. The summed E-state index contributed by atoms with van der Waals surface area (Å²) in [6, 6.07) is 10.6. The lowest BCUT2D eigenvalue weighted by molar-refractivity contribution is -0.145. The SMILES string of the molecule is COc1cc(C=C2OC(C)CN([C@H](c3ccc(F)cc3)[C@@H](C)O)C2=O)ccc1-n1cnc(C)n1. The topological polar surface area (TPSA) is 89.7 Å². The second kappa shape index (κ2) is 9.64. The van der Waals surface area contributed by atoms with Gasteiger partial charge in [0.05, 0.1) is 25.8 Å². The van der Waals surface area contributed by atoms with Crippen LogP contribution in [0.25, 0.3) is 11.8 Å². The van der Waals surface area contributed by atoms with Gasteiger partial charge in [-0.1, -0.05) is 18.2 Å². The number of nitrogens with zero attached hydrogens (tertiary/aromatic N) is 4. The monoisotopic (exact) mass is 466 g/mol. The van der Waals surface area contributed by atoms with Gasteiger partial charge in [0.15, 0.2) is 5.76 Å². The second-order valence-electron chi connectivity index (χ2n) is 8.30. The highest BCUT2D eigenvalue weighted by molar-refractivity contribution is 5.97. The van der Waals surface area contributed by atoms with E-state index in [4.69, 9.17) is 9.47 Å². The van der Waals surface area contributed by atoms with Gasteiger partial charge in [-0.05, 0) is 62.2 Å². The van der Waals surface area contributed by atoms with Crippen LogP contribution in [-0.2, 0) is 9.53 Å². The number of aromatic nitrogens is 3. The van der Waals surface area contributed by atoms with Crippen molar-refractivity contribution in [2.24, 2.45) is 0 Å². The Morgan fingerprint density at radius 2 is 2.00 bits per heavy atom. The molecular weight excluding hydrogens is 439 g/mol. The number of hydrogen-bond donors (Lipinski definition) is 1. The van der Waals surface area contributed by atoms with Crippen LogP contribution in [0.3, 0.4) is 0 Å². The van der Waals surface area contributed by atoms with Crippen molar-refractivity contribution < 1.29 is 23.8 Å². The molecule has 1 unspecified atom stereocenters. The minimum Gasteiger partial charge on any atom is -0.494 e. The van der Waals surface area contributed by atoms with E-state index in [1.807, 2.05) is 19.1 Å². The maximum atomic E-state index is 13.4. The summed E-state index contributed by atoms with van der Waals surface area (Å²) in [5.41, 5.74) is 2.05. The van der Waals surface area contributed by atoms with Gasteiger partial charge in [-0.3, -0.25) is 4.79 Å². The fourth-order valence-corrected chi connectivity index (χ4v) is 4.11. The molecule has 9 heteroatoms. The zero-order chi connectivity index (χ0) is 24.4. The molecule has 2 heterocycles. The van der Waals surface area contributed by atoms with Crippen LogP contribution >= 0.6 is 0 Å². The van der Waals surface area contributed by atoms with E-state index < -0.39 is 12.1 Å². The number of hydrogen-bond acceptors (Lipinski definition) is 6. The number of benzene rings is 2. The third kappa shape index (κ3) is 4.79. The molecule has 34 heavy (non-hydrogen) atoms. The van der Waals surface area contributed by atoms with Crippen LogP contribution in [0.5, 0.6) is 5.75 Å². The van der Waals surface area contributed by atoms with Gasteiger partial charge in [0.1, 0.15) is 35.5 Å². The normalized spacial score (nSPS) is 19.1. The summed E-state index contributed by atoms with van der Waals surface area (Å²) >= 11 is 0. The van der Waals surface area contributed by atoms with Crippen molar-refractivity contribution in [1.82, 2.24) is 19.7 Å². The van der Waals surface area contributed by atoms with Crippen LogP contribution in [0.1, 0.15) is 36.8 Å². The van der Waals surface area contributed by atoms with Crippen molar-refractivity contribution >= 4 is 12.0 Å². The lowest BCUT2D eigenvalue weighted by Gasteiger charge is -2.39. The lowest BCUT2D eigenvalue weighted by atomic mass is 9.98. The predicted octanol–water partition coefficient (Wildman–Crippen LogP) is 3.43. The predicted molar refractivity (Wildman–Crippen MR) is 124 cm³/mol. The largest absolute Gasteiger partial charge is 0.494 e. The molecule has 1 N–H and O–H groups in total. The van der Waals surface area contributed by atoms with Gasteiger partial charge in [0, 0.05) is 0 Å². The highest BCUT2D eigenvalue weighted by Crippen LogP contribution is 2.32. The number of aryl methyl sites for hydroxylation is 1. The zero-order valence-corrected chi connectivity index (χ0v) is 19.5. The number of carbonyl (C=O) groups is 1. The molecule has 0 bridgehead atoms. The summed E-state index contributed by atoms with van der Waals surface area (Å²) in [4.78, 5) is 19.1. The third-order valence-electron chi connectivity index (χ3n) is 5.61. The number of halogens is 1. The van der Waals surface area contributed by atoms with Crippen molar-refractivity contribution in [3.8, 4) is 11.4 Å². The van der Waals surface area contributed by atoms with Crippen LogP contribution < -0.4 is 4.74 Å². The van der Waals surface area contributed by atoms with E-state index >= 15 is 0 Å². The molecule has 1 aliphatic heterocycles. The quantitative estimate of drug-likeness (QED) is 0.560. The van der Waals surface area contributed by atoms with Crippen LogP contribution in [0, 0.1) is 12.7 Å². The average molecular weight is 467 g/mol. The molecule has 0 radical (unpaired) electrons. The van der Waals surface area contributed by atoms with E-state index in [9.17, 15) is 14.3 Å². The lowest BCUT2D eigenvalue weighted by Crippen LogP contribution is -2.48. The van der Waals surface area contributed by atoms with Crippen LogP contribution in [0.4, 0.5) is 4.39 Å². The number of aliphatic hydroxyl groups excluding tert-OH is 1. The number of methoxy groups -OCH3 is 1. The van der Waals surface area contributed by atoms with Crippen molar-refractivity contribution in [2.45, 2.75) is 39.0 Å². The molecule has 178 valence electrons. The highest BCUT2D eigenvalue weighted by Gasteiger charge is 2.37. The third-order valence-corrected chi connectivity index (χ3v) is 5.61. The molecule has 0 aliphatic carbocycles. The first kappa shape index (κ1) is 23.4. The van der Waals surface area contributed by atoms with Crippen LogP contribution in [-0.4, -0.2) is 56.5 Å². The summed E-state index contributed by atoms with van der Waals surface area (Å²) < 4.78 is 26.5. The van der Waals surface area contributed by atoms with Gasteiger partial charge in [-0.25, -0.2) is 14.1 Å². The molecule has 0 saturated carbocycles. The van der Waals surface area contributed by atoms with Crippen molar-refractivity contribution in [3.63, 3.8) is 0 Å². The second-order valence-corrected chi connectivity index (χ2v) is 8.30. The number of rotatable bonds is 6. The highest BCUT2D eigenvalue weighted by atomic mass is 19.1. The number of ether oxygens (including phenoxy) is 2. The average Bonchev–Trinajstić information content (AvgIpc) is 3.24. The van der Waals surface area contributed by atoms with Gasteiger partial charge < -0.3 is 19.5 Å². The maximum absolute atomic E-state index is 13.4. The van der Waals surface area contributed by atoms with Gasteiger partial charge in [0.2, 0.25) is 0 Å². The Morgan fingerprint density at radius 3 is 2.62 bits per heavy atom. The van der Waals surface area contributed by atoms with E-state index in [-0.39, 0.29) is 30.1 Å². The summed E-state index contributed by atoms with van der Waals surface area (Å²) in [5, 5.41) is 14.8. The maximum Gasteiger partial charge on any atom is 0.289 e. The molecule has 4 rings (SSSR count). The summed E-state index contributed by atoms with van der Waals surface area (Å²) in [7, 11) is 1.56. The van der Waals surface area contributed by atoms with Gasteiger partial charge in [-0.15, -0.1) is 0 Å². The molecular formula is C25H27FN4O4. The molecule has 1 aliphatic rings. The Hall–Kier alpha value is -3.72. The van der Waals surface area contributed by atoms with Crippen LogP contribution in [0.15, 0.2) is 54.6 Å². The Kier molecular flexibility index (Phi) is 6.65. The standard InChI is InChI=1S/C25H27FN4O4/c1-15-13-29(24(16(2)31)19-6-8-20(26)9-7-19)25(32)23(34-15)12-18-5-10-21(22(11-18)33-4)30-14-27-17(3)28-30/h5-12,14-16,24,31H,13H2,1-4H3/t15?,16-,24+/m1/s1. The van der Waals surface area contributed by atoms with Gasteiger partial charge in [-0.2, -0.15) is 5.10 Å². The molecule has 1 aromatic heterocycles. The van der Waals surface area contributed by atoms with E-state index in [1.165, 1.54) is 12.1 Å². The van der Waals surface area contributed by atoms with Crippen LogP contribution in [0.2, 0.25) is 0 Å². The molecule has 1 fully saturated rings. The van der Waals surface area contributed by atoms with E-state index in [1.54, 1.807) is 61.1 Å².